The summed E-state index contributed by atoms with van der Waals surface area (Å²) in [6.45, 7) is 6.44. The Labute approximate surface area is 96.8 Å². The summed E-state index contributed by atoms with van der Waals surface area (Å²) in [6.07, 6.45) is 5.31. The summed E-state index contributed by atoms with van der Waals surface area (Å²) in [5.74, 6) is 0.419. The third-order valence-corrected chi connectivity index (χ3v) is 3.24. The Bertz CT molecular complexity index is 304. The molecule has 0 saturated carbocycles. The van der Waals surface area contributed by atoms with E-state index in [2.05, 4.69) is 26.8 Å². The van der Waals surface area contributed by atoms with Crippen molar-refractivity contribution in [3.05, 3.63) is 11.6 Å². The van der Waals surface area contributed by atoms with E-state index in [4.69, 9.17) is 9.47 Å². The largest absolute Gasteiger partial charge is 0.457 e. The first-order valence-corrected chi connectivity index (χ1v) is 6.07. The van der Waals surface area contributed by atoms with Gasteiger partial charge in [0.1, 0.15) is 12.2 Å². The van der Waals surface area contributed by atoms with Gasteiger partial charge in [-0.25, -0.2) is 4.79 Å². The first-order chi connectivity index (χ1) is 7.58. The van der Waals surface area contributed by atoms with Crippen molar-refractivity contribution < 1.29 is 14.3 Å². The Kier molecular flexibility index (Phi) is 3.33. The summed E-state index contributed by atoms with van der Waals surface area (Å²) >= 11 is 0. The molecule has 4 unspecified atom stereocenters. The average Bonchev–Trinajstić information content (AvgIpc) is 2.90. The molecule has 2 aliphatic heterocycles. The summed E-state index contributed by atoms with van der Waals surface area (Å²) in [4.78, 5) is 11.2. The Morgan fingerprint density at radius 3 is 2.75 bits per heavy atom. The fraction of sp³-hybridized carbons (Fsp3) is 0.769. The average molecular weight is 224 g/mol. The predicted octanol–water partition coefficient (Wildman–Crippen LogP) is 2.45. The number of hydrogen-bond donors (Lipinski definition) is 0. The number of epoxide rings is 1. The maximum atomic E-state index is 11.2. The molecule has 4 atom stereocenters. The van der Waals surface area contributed by atoms with Gasteiger partial charge in [0.15, 0.2) is 6.10 Å². The number of cyclic esters (lactones) is 1. The van der Waals surface area contributed by atoms with Gasteiger partial charge in [0.05, 0.1) is 0 Å². The first kappa shape index (κ1) is 11.6. The van der Waals surface area contributed by atoms with Crippen molar-refractivity contribution in [2.75, 3.05) is 0 Å². The summed E-state index contributed by atoms with van der Waals surface area (Å²) in [7, 11) is 0. The smallest absolute Gasteiger partial charge is 0.338 e. The van der Waals surface area contributed by atoms with Crippen molar-refractivity contribution in [2.45, 2.75) is 58.3 Å². The molecule has 0 bridgehead atoms. The predicted molar refractivity (Wildman–Crippen MR) is 61.0 cm³/mol. The minimum absolute atomic E-state index is 0.0132. The van der Waals surface area contributed by atoms with Gasteiger partial charge in [0, 0.05) is 0 Å². The molecule has 2 saturated heterocycles. The van der Waals surface area contributed by atoms with Crippen LogP contribution in [0.2, 0.25) is 0 Å². The van der Waals surface area contributed by atoms with Crippen molar-refractivity contribution in [3.63, 3.8) is 0 Å². The van der Waals surface area contributed by atoms with E-state index in [1.54, 1.807) is 0 Å². The zero-order valence-electron chi connectivity index (χ0n) is 10.2. The van der Waals surface area contributed by atoms with Gasteiger partial charge in [-0.1, -0.05) is 18.6 Å². The van der Waals surface area contributed by atoms with Crippen LogP contribution in [-0.4, -0.2) is 24.3 Å². The van der Waals surface area contributed by atoms with Crippen LogP contribution in [0.5, 0.6) is 0 Å². The number of ether oxygens (including phenoxy) is 2. The molecule has 3 nitrogen and oxygen atoms in total. The second-order valence-corrected chi connectivity index (χ2v) is 5.20. The molecular weight excluding hydrogens is 204 g/mol. The Morgan fingerprint density at radius 1 is 1.50 bits per heavy atom. The number of allylic oxidation sites excluding steroid dienone is 2. The van der Waals surface area contributed by atoms with Crippen LogP contribution in [0.4, 0.5) is 0 Å². The monoisotopic (exact) mass is 224 g/mol. The maximum Gasteiger partial charge on any atom is 0.338 e. The minimum Gasteiger partial charge on any atom is -0.457 e. The zero-order chi connectivity index (χ0) is 11.7. The van der Waals surface area contributed by atoms with E-state index >= 15 is 0 Å². The third-order valence-electron chi connectivity index (χ3n) is 3.24. The van der Waals surface area contributed by atoms with Crippen molar-refractivity contribution >= 4 is 5.97 Å². The fourth-order valence-electron chi connectivity index (χ4n) is 2.23. The van der Waals surface area contributed by atoms with Crippen LogP contribution in [0.15, 0.2) is 11.6 Å². The van der Waals surface area contributed by atoms with Crippen LogP contribution < -0.4 is 0 Å². The highest BCUT2D eigenvalue weighted by Gasteiger charge is 2.59. The van der Waals surface area contributed by atoms with Crippen molar-refractivity contribution in [2.24, 2.45) is 5.92 Å². The highest BCUT2D eigenvalue weighted by atomic mass is 16.7. The molecule has 2 heterocycles. The molecule has 16 heavy (non-hydrogen) atoms. The SMILES string of the molecule is CC(C)=CCCC(C)CC1OC(=O)C2OC12. The van der Waals surface area contributed by atoms with Gasteiger partial charge in [-0.05, 0) is 39.0 Å². The van der Waals surface area contributed by atoms with Gasteiger partial charge in [0.2, 0.25) is 0 Å². The minimum atomic E-state index is -0.227. The summed E-state index contributed by atoms with van der Waals surface area (Å²) < 4.78 is 10.5. The van der Waals surface area contributed by atoms with Crippen LogP contribution in [0, 0.1) is 5.92 Å². The zero-order valence-corrected chi connectivity index (χ0v) is 10.2. The molecule has 2 aliphatic rings. The van der Waals surface area contributed by atoms with Gasteiger partial charge in [0.25, 0.3) is 0 Å². The summed E-state index contributed by atoms with van der Waals surface area (Å²) in [6, 6.07) is 0. The van der Waals surface area contributed by atoms with Crippen molar-refractivity contribution in [3.8, 4) is 0 Å². The molecule has 0 spiro atoms. The third kappa shape index (κ3) is 2.64. The number of hydrogen-bond acceptors (Lipinski definition) is 3. The number of fused-ring (bicyclic) bond motifs is 1. The van der Waals surface area contributed by atoms with Gasteiger partial charge in [-0.15, -0.1) is 0 Å². The van der Waals surface area contributed by atoms with E-state index in [0.717, 1.165) is 19.3 Å². The molecule has 0 aromatic heterocycles. The number of esters is 1. The molecule has 0 amide bonds. The molecule has 2 fully saturated rings. The van der Waals surface area contributed by atoms with E-state index in [-0.39, 0.29) is 24.3 Å². The van der Waals surface area contributed by atoms with E-state index in [1.807, 2.05) is 0 Å². The quantitative estimate of drug-likeness (QED) is 0.409. The van der Waals surface area contributed by atoms with Gasteiger partial charge >= 0.3 is 5.97 Å². The lowest BCUT2D eigenvalue weighted by atomic mass is 9.96. The lowest BCUT2D eigenvalue weighted by Gasteiger charge is -2.16. The molecule has 0 radical (unpaired) electrons. The van der Waals surface area contributed by atoms with Gasteiger partial charge in [-0.3, -0.25) is 0 Å². The Balaban J connectivity index is 1.69. The van der Waals surface area contributed by atoms with Crippen LogP contribution in [-0.2, 0) is 14.3 Å². The molecule has 0 aromatic carbocycles. The van der Waals surface area contributed by atoms with Crippen molar-refractivity contribution in [1.82, 2.24) is 0 Å². The molecule has 0 N–H and O–H groups in total. The molecule has 3 heteroatoms. The highest BCUT2D eigenvalue weighted by Crippen LogP contribution is 2.38. The first-order valence-electron chi connectivity index (χ1n) is 6.07. The van der Waals surface area contributed by atoms with E-state index in [1.165, 1.54) is 5.57 Å². The summed E-state index contributed by atoms with van der Waals surface area (Å²) in [5, 5.41) is 0. The number of carbonyl (C=O) groups excluding carboxylic acids is 1. The number of carbonyl (C=O) groups is 1. The lowest BCUT2D eigenvalue weighted by Crippen LogP contribution is -2.19. The van der Waals surface area contributed by atoms with Crippen LogP contribution >= 0.6 is 0 Å². The molecular formula is C13H20O3. The van der Waals surface area contributed by atoms with Gasteiger partial charge in [-0.2, -0.15) is 0 Å². The normalized spacial score (nSPS) is 32.9. The van der Waals surface area contributed by atoms with E-state index in [9.17, 15) is 4.79 Å². The summed E-state index contributed by atoms with van der Waals surface area (Å²) in [5.41, 5.74) is 1.37. The topological polar surface area (TPSA) is 38.8 Å². The van der Waals surface area contributed by atoms with Crippen LogP contribution in [0.25, 0.3) is 0 Å². The van der Waals surface area contributed by atoms with Crippen LogP contribution in [0.3, 0.4) is 0 Å². The molecule has 0 aromatic rings. The lowest BCUT2D eigenvalue weighted by molar-refractivity contribution is -0.150. The van der Waals surface area contributed by atoms with Crippen molar-refractivity contribution in [1.29, 1.82) is 0 Å². The van der Waals surface area contributed by atoms with E-state index < -0.39 is 0 Å². The molecule has 0 aliphatic carbocycles. The van der Waals surface area contributed by atoms with Gasteiger partial charge < -0.3 is 9.47 Å². The second kappa shape index (κ2) is 4.58. The highest BCUT2D eigenvalue weighted by molar-refractivity contribution is 5.81. The standard InChI is InChI=1S/C13H20O3/c1-8(2)5-4-6-9(3)7-10-11-12(16-11)13(14)15-10/h5,9-12H,4,6-7H2,1-3H3. The number of rotatable bonds is 5. The Hall–Kier alpha value is -0.830. The van der Waals surface area contributed by atoms with Crippen LogP contribution in [0.1, 0.15) is 40.0 Å². The molecule has 90 valence electrons. The maximum absolute atomic E-state index is 11.2. The Morgan fingerprint density at radius 2 is 2.25 bits per heavy atom. The van der Waals surface area contributed by atoms with E-state index in [0.29, 0.717) is 5.92 Å². The fourth-order valence-corrected chi connectivity index (χ4v) is 2.23. The second-order valence-electron chi connectivity index (χ2n) is 5.20. The molecule has 2 rings (SSSR count).